The predicted octanol–water partition coefficient (Wildman–Crippen LogP) is 4.27. The van der Waals surface area contributed by atoms with Crippen LogP contribution in [0.5, 0.6) is 0 Å². The molecule has 1 amide bonds. The van der Waals surface area contributed by atoms with Crippen LogP contribution < -0.4 is 5.32 Å². The third-order valence-electron chi connectivity index (χ3n) is 2.41. The van der Waals surface area contributed by atoms with Gasteiger partial charge in [-0.05, 0) is 43.7 Å². The van der Waals surface area contributed by atoms with Gasteiger partial charge >= 0.3 is 0 Å². The normalized spacial score (nSPS) is 10.3. The fraction of sp³-hybridized carbons (Fsp3) is 0.154. The van der Waals surface area contributed by atoms with Crippen molar-refractivity contribution >= 4 is 34.5 Å². The number of amides is 1. The highest BCUT2D eigenvalue weighted by atomic mass is 35.5. The molecule has 2 nitrogen and oxygen atoms in total. The summed E-state index contributed by atoms with van der Waals surface area (Å²) in [5.74, 6) is -0.0894. The van der Waals surface area contributed by atoms with Crippen LogP contribution >= 0.6 is 22.9 Å². The maximum atomic E-state index is 11.9. The van der Waals surface area contributed by atoms with Gasteiger partial charge in [-0.15, -0.1) is 11.3 Å². The molecule has 17 heavy (non-hydrogen) atoms. The maximum absolute atomic E-state index is 11.9. The summed E-state index contributed by atoms with van der Waals surface area (Å²) >= 11 is 7.38. The predicted molar refractivity (Wildman–Crippen MR) is 73.2 cm³/mol. The van der Waals surface area contributed by atoms with Crippen LogP contribution in [0, 0.1) is 13.8 Å². The number of hydrogen-bond donors (Lipinski definition) is 1. The summed E-state index contributed by atoms with van der Waals surface area (Å²) in [5, 5.41) is 3.49. The molecule has 2 aromatic rings. The van der Waals surface area contributed by atoms with Crippen molar-refractivity contribution < 1.29 is 4.79 Å². The Bertz CT molecular complexity index is 562. The summed E-state index contributed by atoms with van der Waals surface area (Å²) in [7, 11) is 0. The summed E-state index contributed by atoms with van der Waals surface area (Å²) < 4.78 is 0. The van der Waals surface area contributed by atoms with Crippen LogP contribution in [0.1, 0.15) is 20.1 Å². The first-order valence-electron chi connectivity index (χ1n) is 5.20. The lowest BCUT2D eigenvalue weighted by atomic mass is 10.2. The van der Waals surface area contributed by atoms with Gasteiger partial charge in [-0.3, -0.25) is 4.79 Å². The Kier molecular flexibility index (Phi) is 3.50. The molecule has 0 bridgehead atoms. The Hall–Kier alpha value is -1.32. The quantitative estimate of drug-likeness (QED) is 0.863. The summed E-state index contributed by atoms with van der Waals surface area (Å²) in [5.41, 5.74) is 1.75. The summed E-state index contributed by atoms with van der Waals surface area (Å²) in [6.45, 7) is 3.91. The minimum atomic E-state index is -0.0894. The summed E-state index contributed by atoms with van der Waals surface area (Å²) in [6, 6.07) is 9.22. The minimum absolute atomic E-state index is 0.0894. The second kappa shape index (κ2) is 4.90. The van der Waals surface area contributed by atoms with Crippen LogP contribution in [0.15, 0.2) is 30.3 Å². The molecule has 0 saturated heterocycles. The van der Waals surface area contributed by atoms with Crippen molar-refractivity contribution in [3.63, 3.8) is 0 Å². The van der Waals surface area contributed by atoms with Crippen molar-refractivity contribution in [1.29, 1.82) is 0 Å². The highest BCUT2D eigenvalue weighted by molar-refractivity contribution is 7.14. The van der Waals surface area contributed by atoms with Crippen molar-refractivity contribution in [2.24, 2.45) is 0 Å². The zero-order valence-corrected chi connectivity index (χ0v) is 11.2. The first-order valence-corrected chi connectivity index (χ1v) is 6.39. The molecular weight excluding hydrogens is 254 g/mol. The Balaban J connectivity index is 2.21. The van der Waals surface area contributed by atoms with E-state index in [-0.39, 0.29) is 5.91 Å². The first-order chi connectivity index (χ1) is 8.06. The van der Waals surface area contributed by atoms with Crippen LogP contribution in [0.3, 0.4) is 0 Å². The van der Waals surface area contributed by atoms with E-state index in [4.69, 9.17) is 11.6 Å². The van der Waals surface area contributed by atoms with Crippen molar-refractivity contribution in [1.82, 2.24) is 0 Å². The molecule has 0 aliphatic carbocycles. The number of hydrogen-bond acceptors (Lipinski definition) is 2. The fourth-order valence-corrected chi connectivity index (χ4v) is 2.40. The molecule has 4 heteroatoms. The molecule has 1 aromatic heterocycles. The van der Waals surface area contributed by atoms with Crippen LogP contribution in [0.25, 0.3) is 0 Å². The molecular formula is C13H12ClNOS. The Morgan fingerprint density at radius 1 is 1.24 bits per heavy atom. The molecule has 0 radical (unpaired) electrons. The lowest BCUT2D eigenvalue weighted by molar-refractivity contribution is 0.103. The summed E-state index contributed by atoms with van der Waals surface area (Å²) in [6.07, 6.45) is 0. The van der Waals surface area contributed by atoms with E-state index in [1.54, 1.807) is 6.07 Å². The monoisotopic (exact) mass is 265 g/mol. The van der Waals surface area contributed by atoms with Crippen LogP contribution in [0.4, 0.5) is 5.69 Å². The van der Waals surface area contributed by atoms with Gasteiger partial charge in [0.05, 0.1) is 4.88 Å². The third-order valence-corrected chi connectivity index (χ3v) is 3.65. The number of rotatable bonds is 2. The van der Waals surface area contributed by atoms with E-state index in [1.807, 2.05) is 38.1 Å². The molecule has 0 aliphatic rings. The van der Waals surface area contributed by atoms with Crippen molar-refractivity contribution in [3.05, 3.63) is 50.7 Å². The van der Waals surface area contributed by atoms with E-state index >= 15 is 0 Å². The Morgan fingerprint density at radius 2 is 2.00 bits per heavy atom. The lowest BCUT2D eigenvalue weighted by Crippen LogP contribution is -2.11. The molecule has 0 spiro atoms. The largest absolute Gasteiger partial charge is 0.321 e. The SMILES string of the molecule is Cc1ccc(C(=O)Nc2cc(Cl)ccc2C)s1. The lowest BCUT2D eigenvalue weighted by Gasteiger charge is -2.07. The standard InChI is InChI=1S/C13H12ClNOS/c1-8-3-5-10(14)7-11(8)15-13(16)12-6-4-9(2)17-12/h3-7H,1-2H3,(H,15,16). The number of carbonyl (C=O) groups is 1. The molecule has 0 atom stereocenters. The van der Waals surface area contributed by atoms with E-state index in [9.17, 15) is 4.79 Å². The second-order valence-corrected chi connectivity index (χ2v) is 5.55. The van der Waals surface area contributed by atoms with Gasteiger partial charge in [0.25, 0.3) is 5.91 Å². The number of aryl methyl sites for hydroxylation is 2. The number of anilines is 1. The van der Waals surface area contributed by atoms with Crippen molar-refractivity contribution in [3.8, 4) is 0 Å². The van der Waals surface area contributed by atoms with E-state index in [1.165, 1.54) is 11.3 Å². The molecule has 0 aliphatic heterocycles. The summed E-state index contributed by atoms with van der Waals surface area (Å²) in [4.78, 5) is 13.8. The average molecular weight is 266 g/mol. The topological polar surface area (TPSA) is 29.1 Å². The molecule has 0 saturated carbocycles. The van der Waals surface area contributed by atoms with E-state index in [0.29, 0.717) is 9.90 Å². The fourth-order valence-electron chi connectivity index (χ4n) is 1.47. The first kappa shape index (κ1) is 12.1. The van der Waals surface area contributed by atoms with E-state index < -0.39 is 0 Å². The number of benzene rings is 1. The number of carbonyl (C=O) groups excluding carboxylic acids is 1. The molecule has 1 N–H and O–H groups in total. The zero-order chi connectivity index (χ0) is 12.4. The van der Waals surface area contributed by atoms with Gasteiger partial charge in [0, 0.05) is 15.6 Å². The molecule has 0 fully saturated rings. The Morgan fingerprint density at radius 3 is 2.65 bits per heavy atom. The van der Waals surface area contributed by atoms with Gasteiger partial charge in [0.15, 0.2) is 0 Å². The van der Waals surface area contributed by atoms with Gasteiger partial charge in [-0.2, -0.15) is 0 Å². The van der Waals surface area contributed by atoms with E-state index in [0.717, 1.165) is 16.1 Å². The highest BCUT2D eigenvalue weighted by Crippen LogP contribution is 2.22. The van der Waals surface area contributed by atoms with Crippen LogP contribution in [-0.4, -0.2) is 5.91 Å². The Labute approximate surface area is 109 Å². The smallest absolute Gasteiger partial charge is 0.265 e. The van der Waals surface area contributed by atoms with Gasteiger partial charge in [-0.25, -0.2) is 0 Å². The third kappa shape index (κ3) is 2.87. The van der Waals surface area contributed by atoms with Gasteiger partial charge < -0.3 is 5.32 Å². The molecule has 2 rings (SSSR count). The van der Waals surface area contributed by atoms with Crippen LogP contribution in [0.2, 0.25) is 5.02 Å². The minimum Gasteiger partial charge on any atom is -0.321 e. The zero-order valence-electron chi connectivity index (χ0n) is 9.58. The molecule has 88 valence electrons. The molecule has 1 heterocycles. The maximum Gasteiger partial charge on any atom is 0.265 e. The van der Waals surface area contributed by atoms with Crippen LogP contribution in [-0.2, 0) is 0 Å². The number of nitrogens with one attached hydrogen (secondary N) is 1. The van der Waals surface area contributed by atoms with Gasteiger partial charge in [0.2, 0.25) is 0 Å². The van der Waals surface area contributed by atoms with E-state index in [2.05, 4.69) is 5.32 Å². The number of halogens is 1. The average Bonchev–Trinajstić information content (AvgIpc) is 2.70. The molecule has 0 unspecified atom stereocenters. The van der Waals surface area contributed by atoms with Crippen molar-refractivity contribution in [2.45, 2.75) is 13.8 Å². The molecule has 1 aromatic carbocycles. The van der Waals surface area contributed by atoms with Gasteiger partial charge in [0.1, 0.15) is 0 Å². The van der Waals surface area contributed by atoms with Gasteiger partial charge in [-0.1, -0.05) is 17.7 Å². The highest BCUT2D eigenvalue weighted by Gasteiger charge is 2.09. The van der Waals surface area contributed by atoms with Crippen molar-refractivity contribution in [2.75, 3.05) is 5.32 Å². The second-order valence-electron chi connectivity index (χ2n) is 3.82. The number of thiophene rings is 1.